The van der Waals surface area contributed by atoms with Gasteiger partial charge in [-0.3, -0.25) is 9.59 Å². The molecule has 1 aliphatic heterocycles. The maximum Gasteiger partial charge on any atom is 0.236 e. The molecule has 0 unspecified atom stereocenters. The first-order chi connectivity index (χ1) is 10.6. The van der Waals surface area contributed by atoms with Crippen molar-refractivity contribution in [2.75, 3.05) is 16.8 Å². The second kappa shape index (κ2) is 5.97. The molecule has 3 rings (SSSR count). The average molecular weight is 298 g/mol. The maximum absolute atomic E-state index is 13.1. The summed E-state index contributed by atoms with van der Waals surface area (Å²) in [5, 5.41) is 2.53. The molecule has 1 N–H and O–H groups in total. The van der Waals surface area contributed by atoms with Crippen molar-refractivity contribution in [2.24, 2.45) is 0 Å². The molecule has 2 aromatic carbocycles. The van der Waals surface area contributed by atoms with E-state index in [1.807, 2.05) is 24.3 Å². The van der Waals surface area contributed by atoms with Gasteiger partial charge in [0.2, 0.25) is 11.8 Å². The van der Waals surface area contributed by atoms with Gasteiger partial charge in [-0.15, -0.1) is 0 Å². The van der Waals surface area contributed by atoms with Gasteiger partial charge in [0, 0.05) is 17.9 Å². The Hall–Kier alpha value is -2.69. The summed E-state index contributed by atoms with van der Waals surface area (Å²) in [5.41, 5.74) is 2.33. The summed E-state index contributed by atoms with van der Waals surface area (Å²) in [5.74, 6) is -1.13. The minimum absolute atomic E-state index is 0.251. The maximum atomic E-state index is 13.1. The topological polar surface area (TPSA) is 49.4 Å². The number of nitrogens with zero attached hydrogens (tertiary/aromatic N) is 1. The number of rotatable bonds is 3. The molecule has 1 heterocycles. The highest BCUT2D eigenvalue weighted by atomic mass is 19.1. The van der Waals surface area contributed by atoms with Crippen molar-refractivity contribution >= 4 is 23.2 Å². The lowest BCUT2D eigenvalue weighted by Crippen LogP contribution is -2.32. The zero-order valence-corrected chi connectivity index (χ0v) is 11.9. The Bertz CT molecular complexity index is 730. The molecule has 0 bridgehead atoms. The third-order valence-electron chi connectivity index (χ3n) is 3.61. The van der Waals surface area contributed by atoms with Crippen molar-refractivity contribution in [2.45, 2.75) is 12.8 Å². The molecule has 2 aromatic rings. The normalized spacial score (nSPS) is 12.9. The molecule has 0 atom stereocenters. The third-order valence-corrected chi connectivity index (χ3v) is 3.61. The molecule has 0 saturated carbocycles. The van der Waals surface area contributed by atoms with Crippen molar-refractivity contribution in [1.82, 2.24) is 0 Å². The monoisotopic (exact) mass is 298 g/mol. The summed E-state index contributed by atoms with van der Waals surface area (Å²) >= 11 is 0. The summed E-state index contributed by atoms with van der Waals surface area (Å²) in [6.07, 6.45) is 0.540. The fourth-order valence-electron chi connectivity index (χ4n) is 2.60. The summed E-state index contributed by atoms with van der Waals surface area (Å²) < 4.78 is 13.1. The Morgan fingerprint density at radius 3 is 2.77 bits per heavy atom. The zero-order valence-electron chi connectivity index (χ0n) is 11.9. The molecular weight excluding hydrogens is 283 g/mol. The van der Waals surface area contributed by atoms with Crippen LogP contribution >= 0.6 is 0 Å². The molecule has 0 aliphatic carbocycles. The van der Waals surface area contributed by atoms with E-state index >= 15 is 0 Å². The van der Waals surface area contributed by atoms with Crippen LogP contribution in [0, 0.1) is 5.82 Å². The smallest absolute Gasteiger partial charge is 0.236 e. The van der Waals surface area contributed by atoms with Crippen molar-refractivity contribution < 1.29 is 14.0 Å². The van der Waals surface area contributed by atoms with Gasteiger partial charge in [0.1, 0.15) is 12.2 Å². The number of anilines is 2. The molecule has 0 aromatic heterocycles. The molecule has 0 spiro atoms. The minimum Gasteiger partial charge on any atom is -0.326 e. The predicted molar refractivity (Wildman–Crippen MR) is 82.1 cm³/mol. The Morgan fingerprint density at radius 1 is 1.14 bits per heavy atom. The highest BCUT2D eigenvalue weighted by molar-refractivity contribution is 6.09. The lowest BCUT2D eigenvalue weighted by molar-refractivity contribution is -0.125. The molecule has 4 nitrogen and oxygen atoms in total. The molecule has 0 radical (unpaired) electrons. The van der Waals surface area contributed by atoms with Gasteiger partial charge in [-0.25, -0.2) is 4.39 Å². The van der Waals surface area contributed by atoms with Crippen LogP contribution in [0.4, 0.5) is 15.8 Å². The Kier molecular flexibility index (Phi) is 3.87. The molecular formula is C17H15FN2O2. The van der Waals surface area contributed by atoms with E-state index in [0.717, 1.165) is 17.7 Å². The number of hydrogen-bond donors (Lipinski definition) is 1. The predicted octanol–water partition coefficient (Wildman–Crippen LogP) is 2.74. The van der Waals surface area contributed by atoms with Gasteiger partial charge < -0.3 is 10.2 Å². The zero-order chi connectivity index (χ0) is 15.5. The molecule has 0 fully saturated rings. The summed E-state index contributed by atoms with van der Waals surface area (Å²) in [7, 11) is 0. The minimum atomic E-state index is -0.444. The van der Waals surface area contributed by atoms with Crippen LogP contribution in [0.2, 0.25) is 0 Å². The van der Waals surface area contributed by atoms with Crippen LogP contribution in [0.15, 0.2) is 48.5 Å². The number of carbonyl (C=O) groups excluding carboxylic acids is 2. The number of carbonyl (C=O) groups is 2. The van der Waals surface area contributed by atoms with Crippen LogP contribution in [0.25, 0.3) is 0 Å². The summed E-state index contributed by atoms with van der Waals surface area (Å²) in [6, 6.07) is 13.3. The summed E-state index contributed by atoms with van der Waals surface area (Å²) in [6.45, 7) is 0.589. The quantitative estimate of drug-likeness (QED) is 0.886. The van der Waals surface area contributed by atoms with E-state index in [1.54, 1.807) is 11.0 Å². The molecule has 22 heavy (non-hydrogen) atoms. The highest BCUT2D eigenvalue weighted by Crippen LogP contribution is 2.27. The molecule has 112 valence electrons. The van der Waals surface area contributed by atoms with E-state index in [0.29, 0.717) is 12.2 Å². The SMILES string of the molecule is O=C(CC(=O)N1CCc2ccccc21)Nc1cccc(F)c1. The molecule has 5 heteroatoms. The molecule has 1 aliphatic rings. The number of benzene rings is 2. The van der Waals surface area contributed by atoms with E-state index < -0.39 is 11.7 Å². The van der Waals surface area contributed by atoms with Crippen molar-refractivity contribution in [3.8, 4) is 0 Å². The van der Waals surface area contributed by atoms with Crippen LogP contribution in [0.1, 0.15) is 12.0 Å². The van der Waals surface area contributed by atoms with Crippen LogP contribution in [0.3, 0.4) is 0 Å². The number of hydrogen-bond acceptors (Lipinski definition) is 2. The van der Waals surface area contributed by atoms with Crippen molar-refractivity contribution in [1.29, 1.82) is 0 Å². The van der Waals surface area contributed by atoms with Crippen LogP contribution < -0.4 is 10.2 Å². The number of amides is 2. The van der Waals surface area contributed by atoms with Crippen LogP contribution in [-0.2, 0) is 16.0 Å². The van der Waals surface area contributed by atoms with E-state index in [-0.39, 0.29) is 12.3 Å². The number of fused-ring (bicyclic) bond motifs is 1. The Morgan fingerprint density at radius 2 is 1.95 bits per heavy atom. The van der Waals surface area contributed by atoms with E-state index in [9.17, 15) is 14.0 Å². The van der Waals surface area contributed by atoms with Gasteiger partial charge in [-0.05, 0) is 36.2 Å². The fraction of sp³-hybridized carbons (Fsp3) is 0.176. The van der Waals surface area contributed by atoms with Crippen molar-refractivity contribution in [3.05, 3.63) is 59.9 Å². The van der Waals surface area contributed by atoms with E-state index in [4.69, 9.17) is 0 Å². The highest BCUT2D eigenvalue weighted by Gasteiger charge is 2.25. The second-order valence-corrected chi connectivity index (χ2v) is 5.16. The van der Waals surface area contributed by atoms with Gasteiger partial charge >= 0.3 is 0 Å². The first-order valence-corrected chi connectivity index (χ1v) is 7.07. The van der Waals surface area contributed by atoms with Gasteiger partial charge in [-0.1, -0.05) is 24.3 Å². The Labute approximate surface area is 127 Å². The molecule has 0 saturated heterocycles. The van der Waals surface area contributed by atoms with E-state index in [1.165, 1.54) is 18.2 Å². The van der Waals surface area contributed by atoms with Crippen LogP contribution in [0.5, 0.6) is 0 Å². The van der Waals surface area contributed by atoms with Gasteiger partial charge in [0.25, 0.3) is 0 Å². The average Bonchev–Trinajstić information content (AvgIpc) is 2.91. The largest absolute Gasteiger partial charge is 0.326 e. The van der Waals surface area contributed by atoms with Crippen LogP contribution in [-0.4, -0.2) is 18.4 Å². The summed E-state index contributed by atoms with van der Waals surface area (Å²) in [4.78, 5) is 25.8. The first-order valence-electron chi connectivity index (χ1n) is 7.07. The molecule has 2 amide bonds. The number of para-hydroxylation sites is 1. The Balaban J connectivity index is 1.64. The third kappa shape index (κ3) is 2.98. The van der Waals surface area contributed by atoms with E-state index in [2.05, 4.69) is 5.32 Å². The lowest BCUT2D eigenvalue weighted by atomic mass is 10.2. The van der Waals surface area contributed by atoms with Gasteiger partial charge in [0.15, 0.2) is 0 Å². The number of halogens is 1. The van der Waals surface area contributed by atoms with Gasteiger partial charge in [-0.2, -0.15) is 0 Å². The second-order valence-electron chi connectivity index (χ2n) is 5.16. The van der Waals surface area contributed by atoms with Gasteiger partial charge in [0.05, 0.1) is 0 Å². The fourth-order valence-corrected chi connectivity index (χ4v) is 2.60. The standard InChI is InChI=1S/C17H15FN2O2/c18-13-5-3-6-14(10-13)19-16(21)11-17(22)20-9-8-12-4-1-2-7-15(12)20/h1-7,10H,8-9,11H2,(H,19,21). The first kappa shape index (κ1) is 14.3. The number of nitrogens with one attached hydrogen (secondary N) is 1. The lowest BCUT2D eigenvalue weighted by Gasteiger charge is -2.17. The van der Waals surface area contributed by atoms with Crippen molar-refractivity contribution in [3.63, 3.8) is 0 Å².